The number of halogens is 1. The first-order valence-corrected chi connectivity index (χ1v) is 4.58. The topological polar surface area (TPSA) is 42.2 Å². The number of rotatable bonds is 1. The van der Waals surface area contributed by atoms with Crippen molar-refractivity contribution in [2.75, 3.05) is 13.7 Å². The second-order valence-electron chi connectivity index (χ2n) is 2.96. The van der Waals surface area contributed by atoms with E-state index in [9.17, 15) is 0 Å². The highest BCUT2D eigenvalue weighted by molar-refractivity contribution is 6.32. The third-order valence-electron chi connectivity index (χ3n) is 2.21. The van der Waals surface area contributed by atoms with E-state index < -0.39 is 0 Å². The van der Waals surface area contributed by atoms with Crippen LogP contribution in [0.25, 0.3) is 0 Å². The standard InChI is InChI=1S/C10H8ClNO2/c1-13-8-4-6(5-12)9(11)7-2-3-14-10(7)8/h4H,2-3H2,1H3. The third kappa shape index (κ3) is 1.19. The summed E-state index contributed by atoms with van der Waals surface area (Å²) in [6.07, 6.45) is 0.736. The maximum Gasteiger partial charge on any atom is 0.166 e. The number of ether oxygens (including phenoxy) is 2. The van der Waals surface area contributed by atoms with Gasteiger partial charge in [0.25, 0.3) is 0 Å². The van der Waals surface area contributed by atoms with E-state index in [1.54, 1.807) is 13.2 Å². The number of hydrogen-bond donors (Lipinski definition) is 0. The van der Waals surface area contributed by atoms with E-state index in [2.05, 4.69) is 0 Å². The number of fused-ring (bicyclic) bond motifs is 1. The van der Waals surface area contributed by atoms with Crippen LogP contribution in [0.4, 0.5) is 0 Å². The molecule has 72 valence electrons. The Kier molecular flexibility index (Phi) is 2.22. The van der Waals surface area contributed by atoms with Gasteiger partial charge in [0.1, 0.15) is 6.07 Å². The van der Waals surface area contributed by atoms with Crippen molar-refractivity contribution in [1.82, 2.24) is 0 Å². The molecular formula is C10H8ClNO2. The molecule has 0 spiro atoms. The molecular weight excluding hydrogens is 202 g/mol. The van der Waals surface area contributed by atoms with Gasteiger partial charge in [-0.3, -0.25) is 0 Å². The summed E-state index contributed by atoms with van der Waals surface area (Å²) in [7, 11) is 1.55. The Morgan fingerprint density at radius 1 is 1.64 bits per heavy atom. The molecule has 14 heavy (non-hydrogen) atoms. The molecule has 3 nitrogen and oxygen atoms in total. The van der Waals surface area contributed by atoms with E-state index in [1.807, 2.05) is 6.07 Å². The van der Waals surface area contributed by atoms with Gasteiger partial charge in [-0.15, -0.1) is 0 Å². The van der Waals surface area contributed by atoms with Crippen LogP contribution in [0.2, 0.25) is 5.02 Å². The van der Waals surface area contributed by atoms with Gasteiger partial charge in [-0.25, -0.2) is 0 Å². The normalized spacial score (nSPS) is 12.9. The van der Waals surface area contributed by atoms with E-state index >= 15 is 0 Å². The van der Waals surface area contributed by atoms with Gasteiger partial charge in [-0.1, -0.05) is 11.6 Å². The van der Waals surface area contributed by atoms with Crippen LogP contribution in [0.5, 0.6) is 11.5 Å². The Hall–Kier alpha value is -1.40. The van der Waals surface area contributed by atoms with Gasteiger partial charge in [0.15, 0.2) is 11.5 Å². The fourth-order valence-electron chi connectivity index (χ4n) is 1.54. The first-order valence-electron chi connectivity index (χ1n) is 4.20. The first-order chi connectivity index (χ1) is 6.77. The van der Waals surface area contributed by atoms with Gasteiger partial charge in [0, 0.05) is 18.1 Å². The summed E-state index contributed by atoms with van der Waals surface area (Å²) >= 11 is 6.03. The number of nitriles is 1. The van der Waals surface area contributed by atoms with Gasteiger partial charge < -0.3 is 9.47 Å². The Morgan fingerprint density at radius 3 is 3.07 bits per heavy atom. The largest absolute Gasteiger partial charge is 0.493 e. The lowest BCUT2D eigenvalue weighted by atomic mass is 10.1. The Labute approximate surface area is 86.8 Å². The van der Waals surface area contributed by atoms with Crippen molar-refractivity contribution in [2.45, 2.75) is 6.42 Å². The van der Waals surface area contributed by atoms with Crippen LogP contribution in [-0.2, 0) is 6.42 Å². The molecule has 1 heterocycles. The van der Waals surface area contributed by atoms with Crippen molar-refractivity contribution < 1.29 is 9.47 Å². The van der Waals surface area contributed by atoms with E-state index in [1.165, 1.54) is 0 Å². The highest BCUT2D eigenvalue weighted by atomic mass is 35.5. The lowest BCUT2D eigenvalue weighted by Gasteiger charge is -2.08. The first kappa shape index (κ1) is 9.17. The minimum absolute atomic E-state index is 0.438. The van der Waals surface area contributed by atoms with Crippen molar-refractivity contribution in [1.29, 1.82) is 5.26 Å². The van der Waals surface area contributed by atoms with Crippen LogP contribution in [0.15, 0.2) is 6.07 Å². The highest BCUT2D eigenvalue weighted by Gasteiger charge is 2.23. The van der Waals surface area contributed by atoms with Crippen molar-refractivity contribution in [3.05, 3.63) is 22.2 Å². The van der Waals surface area contributed by atoms with Crippen LogP contribution in [-0.4, -0.2) is 13.7 Å². The third-order valence-corrected chi connectivity index (χ3v) is 2.65. The average molecular weight is 210 g/mol. The minimum Gasteiger partial charge on any atom is -0.493 e. The average Bonchev–Trinajstić information content (AvgIpc) is 2.68. The van der Waals surface area contributed by atoms with E-state index in [0.29, 0.717) is 28.7 Å². The molecule has 0 radical (unpaired) electrons. The maximum absolute atomic E-state index is 8.84. The van der Waals surface area contributed by atoms with Gasteiger partial charge in [-0.2, -0.15) is 5.26 Å². The quantitative estimate of drug-likeness (QED) is 0.712. The van der Waals surface area contributed by atoms with Crippen molar-refractivity contribution in [3.8, 4) is 17.6 Å². The Morgan fingerprint density at radius 2 is 2.43 bits per heavy atom. The smallest absolute Gasteiger partial charge is 0.166 e. The number of benzene rings is 1. The van der Waals surface area contributed by atoms with Crippen molar-refractivity contribution >= 4 is 11.6 Å². The summed E-state index contributed by atoms with van der Waals surface area (Å²) in [6.45, 7) is 0.598. The maximum atomic E-state index is 8.84. The summed E-state index contributed by atoms with van der Waals surface area (Å²) in [5.74, 6) is 1.26. The summed E-state index contributed by atoms with van der Waals surface area (Å²) < 4.78 is 10.5. The molecule has 1 aromatic rings. The zero-order valence-corrected chi connectivity index (χ0v) is 8.39. The summed E-state index contributed by atoms with van der Waals surface area (Å²) in [5, 5.41) is 9.33. The lowest BCUT2D eigenvalue weighted by molar-refractivity contribution is 0.326. The molecule has 1 aliphatic rings. The summed E-state index contributed by atoms with van der Waals surface area (Å²) in [5.41, 5.74) is 1.32. The molecule has 0 fully saturated rings. The highest BCUT2D eigenvalue weighted by Crippen LogP contribution is 2.41. The van der Waals surface area contributed by atoms with E-state index in [-0.39, 0.29) is 0 Å². The minimum atomic E-state index is 0.438. The molecule has 0 aromatic heterocycles. The van der Waals surface area contributed by atoms with E-state index in [0.717, 1.165) is 12.0 Å². The molecule has 0 unspecified atom stereocenters. The van der Waals surface area contributed by atoms with Gasteiger partial charge in [-0.05, 0) is 0 Å². The van der Waals surface area contributed by atoms with Gasteiger partial charge in [0.2, 0.25) is 0 Å². The van der Waals surface area contributed by atoms with Crippen LogP contribution < -0.4 is 9.47 Å². The second kappa shape index (κ2) is 3.39. The fraction of sp³-hybridized carbons (Fsp3) is 0.300. The Bertz CT molecular complexity index is 423. The predicted molar refractivity (Wildman–Crippen MR) is 51.9 cm³/mol. The molecule has 2 rings (SSSR count). The SMILES string of the molecule is COc1cc(C#N)c(Cl)c2c1OCC2. The van der Waals surface area contributed by atoms with Gasteiger partial charge in [0.05, 0.1) is 24.3 Å². The number of methoxy groups -OCH3 is 1. The molecule has 0 saturated heterocycles. The number of nitrogens with zero attached hydrogens (tertiary/aromatic N) is 1. The van der Waals surface area contributed by atoms with Crippen LogP contribution in [0.3, 0.4) is 0 Å². The predicted octanol–water partition coefficient (Wildman–Crippen LogP) is 2.16. The molecule has 1 aromatic carbocycles. The van der Waals surface area contributed by atoms with Crippen LogP contribution in [0, 0.1) is 11.3 Å². The zero-order chi connectivity index (χ0) is 10.1. The molecule has 0 bridgehead atoms. The molecule has 0 atom stereocenters. The number of hydrogen-bond acceptors (Lipinski definition) is 3. The lowest BCUT2D eigenvalue weighted by Crippen LogP contribution is -1.91. The van der Waals surface area contributed by atoms with Crippen LogP contribution in [0.1, 0.15) is 11.1 Å². The monoisotopic (exact) mass is 209 g/mol. The molecule has 1 aliphatic heterocycles. The molecule has 0 amide bonds. The summed E-state index contributed by atoms with van der Waals surface area (Å²) in [6, 6.07) is 3.64. The molecule has 4 heteroatoms. The fourth-order valence-corrected chi connectivity index (χ4v) is 1.82. The summed E-state index contributed by atoms with van der Waals surface area (Å²) in [4.78, 5) is 0. The van der Waals surface area contributed by atoms with Crippen LogP contribution >= 0.6 is 11.6 Å². The molecule has 0 aliphatic carbocycles. The zero-order valence-electron chi connectivity index (χ0n) is 7.63. The molecule has 0 N–H and O–H groups in total. The van der Waals surface area contributed by atoms with Crippen molar-refractivity contribution in [2.24, 2.45) is 0 Å². The van der Waals surface area contributed by atoms with Crippen molar-refractivity contribution in [3.63, 3.8) is 0 Å². The van der Waals surface area contributed by atoms with Gasteiger partial charge >= 0.3 is 0 Å². The van der Waals surface area contributed by atoms with E-state index in [4.69, 9.17) is 26.3 Å². The Balaban J connectivity index is 2.68. The molecule has 0 saturated carbocycles. The second-order valence-corrected chi connectivity index (χ2v) is 3.34.